The van der Waals surface area contributed by atoms with Crippen LogP contribution in [-0.4, -0.2) is 12.6 Å². The number of hydrogen-bond donors (Lipinski definition) is 2. The molecule has 0 fully saturated rings. The molecule has 0 aromatic heterocycles. The Kier molecular flexibility index (Phi) is 14.0. The number of nitrogens with two attached hydrogens (primary N) is 2. The molecule has 0 saturated heterocycles. The van der Waals surface area contributed by atoms with Crippen LogP contribution < -0.4 is 11.5 Å². The third-order valence-electron chi connectivity index (χ3n) is 0.933. The third-order valence-corrected chi connectivity index (χ3v) is 0.933. The van der Waals surface area contributed by atoms with E-state index in [1.165, 1.54) is 0 Å². The molecule has 0 aliphatic heterocycles. The highest BCUT2D eigenvalue weighted by Crippen LogP contribution is 1.77. The van der Waals surface area contributed by atoms with Gasteiger partial charge in [0.25, 0.3) is 0 Å². The van der Waals surface area contributed by atoms with E-state index >= 15 is 0 Å². The van der Waals surface area contributed by atoms with Gasteiger partial charge in [0.1, 0.15) is 0 Å². The molecule has 2 nitrogen and oxygen atoms in total. The van der Waals surface area contributed by atoms with Crippen molar-refractivity contribution in [3.05, 3.63) is 0 Å². The summed E-state index contributed by atoms with van der Waals surface area (Å²) in [6, 6.07) is 0.384. The van der Waals surface area contributed by atoms with Gasteiger partial charge in [0, 0.05) is 6.04 Å². The zero-order valence-electron chi connectivity index (χ0n) is 6.85. The van der Waals surface area contributed by atoms with E-state index in [-0.39, 0.29) is 0 Å². The van der Waals surface area contributed by atoms with E-state index in [0.29, 0.717) is 6.04 Å². The summed E-state index contributed by atoms with van der Waals surface area (Å²) in [5, 5.41) is 0. The highest BCUT2D eigenvalue weighted by molar-refractivity contribution is 4.43. The second kappa shape index (κ2) is 10.8. The van der Waals surface area contributed by atoms with Crippen molar-refractivity contribution in [3.8, 4) is 0 Å². The first-order valence-corrected chi connectivity index (χ1v) is 3.64. The smallest absolute Gasteiger partial charge is 0.000781 e. The molecular formula is C7H20N2. The Labute approximate surface area is 58.6 Å². The van der Waals surface area contributed by atoms with E-state index in [1.807, 2.05) is 6.92 Å². The van der Waals surface area contributed by atoms with Crippen LogP contribution in [0.25, 0.3) is 0 Å². The molecule has 0 aliphatic rings. The topological polar surface area (TPSA) is 52.0 Å². The van der Waals surface area contributed by atoms with E-state index in [4.69, 9.17) is 11.5 Å². The van der Waals surface area contributed by atoms with Crippen LogP contribution in [0.1, 0.15) is 33.6 Å². The first-order chi connectivity index (χ1) is 4.18. The second-order valence-electron chi connectivity index (χ2n) is 2.17. The van der Waals surface area contributed by atoms with Gasteiger partial charge in [-0.1, -0.05) is 13.8 Å². The van der Waals surface area contributed by atoms with Crippen LogP contribution in [-0.2, 0) is 0 Å². The lowest BCUT2D eigenvalue weighted by molar-refractivity contribution is 0.715. The predicted molar refractivity (Wildman–Crippen MR) is 43.3 cm³/mol. The molecule has 1 unspecified atom stereocenters. The molecule has 58 valence electrons. The first-order valence-electron chi connectivity index (χ1n) is 3.64. The van der Waals surface area contributed by atoms with Gasteiger partial charge >= 0.3 is 0 Å². The van der Waals surface area contributed by atoms with Crippen molar-refractivity contribution in [1.82, 2.24) is 0 Å². The van der Waals surface area contributed by atoms with Crippen LogP contribution in [0.5, 0.6) is 0 Å². The van der Waals surface area contributed by atoms with Crippen LogP contribution in [0.3, 0.4) is 0 Å². The summed E-state index contributed by atoms with van der Waals surface area (Å²) < 4.78 is 0. The summed E-state index contributed by atoms with van der Waals surface area (Å²) in [6.07, 6.45) is 2.18. The lowest BCUT2D eigenvalue weighted by atomic mass is 10.3. The fourth-order valence-electron chi connectivity index (χ4n) is 0. The van der Waals surface area contributed by atoms with Crippen LogP contribution >= 0.6 is 0 Å². The fraction of sp³-hybridized carbons (Fsp3) is 1.00. The van der Waals surface area contributed by atoms with Crippen LogP contribution in [0.4, 0.5) is 0 Å². The van der Waals surface area contributed by atoms with Gasteiger partial charge in [-0.15, -0.1) is 0 Å². The van der Waals surface area contributed by atoms with E-state index in [2.05, 4.69) is 13.8 Å². The molecule has 0 heterocycles. The molecular weight excluding hydrogens is 112 g/mol. The zero-order chi connectivity index (χ0) is 7.70. The Bertz CT molecular complexity index is 33.9. The lowest BCUT2D eigenvalue weighted by Crippen LogP contribution is -2.11. The predicted octanol–water partition coefficient (Wildman–Crippen LogP) is 1.10. The SMILES string of the molecule is CCC(C)N.CCCN. The molecule has 9 heavy (non-hydrogen) atoms. The third kappa shape index (κ3) is 32.6. The average molecular weight is 132 g/mol. The molecule has 1 atom stereocenters. The van der Waals surface area contributed by atoms with Crippen molar-refractivity contribution >= 4 is 0 Å². The van der Waals surface area contributed by atoms with Crippen LogP contribution in [0, 0.1) is 0 Å². The van der Waals surface area contributed by atoms with Gasteiger partial charge < -0.3 is 11.5 Å². The summed E-state index contributed by atoms with van der Waals surface area (Å²) in [7, 11) is 0. The molecule has 0 radical (unpaired) electrons. The standard InChI is InChI=1S/C4H11N.C3H9N/c1-3-4(2)5;1-2-3-4/h4H,3,5H2,1-2H3;2-4H2,1H3. The Balaban J connectivity index is 0. The van der Waals surface area contributed by atoms with Crippen LogP contribution in [0.2, 0.25) is 0 Å². The van der Waals surface area contributed by atoms with E-state index in [0.717, 1.165) is 19.4 Å². The molecule has 2 heteroatoms. The highest BCUT2D eigenvalue weighted by atomic mass is 14.6. The first kappa shape index (κ1) is 11.7. The molecule has 0 amide bonds. The summed E-state index contributed by atoms with van der Waals surface area (Å²) >= 11 is 0. The molecule has 0 saturated carbocycles. The van der Waals surface area contributed by atoms with Crippen molar-refractivity contribution < 1.29 is 0 Å². The minimum absolute atomic E-state index is 0.384. The van der Waals surface area contributed by atoms with Gasteiger partial charge in [-0.05, 0) is 26.3 Å². The summed E-state index contributed by atoms with van der Waals surface area (Å²) in [6.45, 7) is 6.95. The van der Waals surface area contributed by atoms with E-state index < -0.39 is 0 Å². The largest absolute Gasteiger partial charge is 0.330 e. The molecule has 0 aromatic rings. The second-order valence-corrected chi connectivity index (χ2v) is 2.17. The van der Waals surface area contributed by atoms with Gasteiger partial charge in [-0.25, -0.2) is 0 Å². The van der Waals surface area contributed by atoms with E-state index in [1.54, 1.807) is 0 Å². The zero-order valence-corrected chi connectivity index (χ0v) is 6.85. The lowest BCUT2D eigenvalue weighted by Gasteiger charge is -1.91. The normalized spacial score (nSPS) is 11.7. The minimum Gasteiger partial charge on any atom is -0.330 e. The quantitative estimate of drug-likeness (QED) is 0.591. The number of hydrogen-bond acceptors (Lipinski definition) is 2. The maximum Gasteiger partial charge on any atom is 0.000781 e. The molecule has 0 aliphatic carbocycles. The average Bonchev–Trinajstić information content (AvgIpc) is 1.89. The van der Waals surface area contributed by atoms with Gasteiger partial charge in [0.05, 0.1) is 0 Å². The van der Waals surface area contributed by atoms with Gasteiger partial charge in [0.15, 0.2) is 0 Å². The van der Waals surface area contributed by atoms with Crippen molar-refractivity contribution in [3.63, 3.8) is 0 Å². The number of rotatable bonds is 2. The fourth-order valence-corrected chi connectivity index (χ4v) is 0. The Morgan fingerprint density at radius 1 is 1.33 bits per heavy atom. The highest BCUT2D eigenvalue weighted by Gasteiger charge is 1.79. The van der Waals surface area contributed by atoms with Gasteiger partial charge in [0.2, 0.25) is 0 Å². The molecule has 0 bridgehead atoms. The summed E-state index contributed by atoms with van der Waals surface area (Å²) in [4.78, 5) is 0. The maximum atomic E-state index is 5.29. The molecule has 0 spiro atoms. The Morgan fingerprint density at radius 3 is 1.56 bits per heavy atom. The monoisotopic (exact) mass is 132 g/mol. The van der Waals surface area contributed by atoms with Gasteiger partial charge in [-0.2, -0.15) is 0 Å². The van der Waals surface area contributed by atoms with Gasteiger partial charge in [-0.3, -0.25) is 0 Å². The molecule has 0 aromatic carbocycles. The van der Waals surface area contributed by atoms with Crippen molar-refractivity contribution in [2.24, 2.45) is 11.5 Å². The Hall–Kier alpha value is -0.0800. The van der Waals surface area contributed by atoms with Crippen LogP contribution in [0.15, 0.2) is 0 Å². The minimum atomic E-state index is 0.384. The molecule has 4 N–H and O–H groups in total. The van der Waals surface area contributed by atoms with E-state index in [9.17, 15) is 0 Å². The van der Waals surface area contributed by atoms with Crippen molar-refractivity contribution in [1.29, 1.82) is 0 Å². The van der Waals surface area contributed by atoms with Crippen molar-refractivity contribution in [2.75, 3.05) is 6.54 Å². The molecule has 0 rings (SSSR count). The Morgan fingerprint density at radius 2 is 1.56 bits per heavy atom. The summed E-state index contributed by atoms with van der Waals surface area (Å²) in [5.74, 6) is 0. The van der Waals surface area contributed by atoms with Crippen molar-refractivity contribution in [2.45, 2.75) is 39.7 Å². The maximum absolute atomic E-state index is 5.29. The summed E-state index contributed by atoms with van der Waals surface area (Å²) in [5.41, 5.74) is 10.3.